The highest BCUT2D eigenvalue weighted by Gasteiger charge is 2.13. The number of rotatable bonds is 4. The summed E-state index contributed by atoms with van der Waals surface area (Å²) in [6, 6.07) is 30.6. The van der Waals surface area contributed by atoms with Crippen LogP contribution in [-0.4, -0.2) is 19.9 Å². The number of benzene rings is 3. The Balaban J connectivity index is 1.60. The molecule has 0 spiro atoms. The molecule has 0 fully saturated rings. The molecule has 156 valence electrons. The summed E-state index contributed by atoms with van der Waals surface area (Å²) in [7, 11) is 0. The van der Waals surface area contributed by atoms with Crippen LogP contribution in [0.25, 0.3) is 45.4 Å². The molecule has 2 aromatic heterocycles. The van der Waals surface area contributed by atoms with Gasteiger partial charge in [-0.25, -0.2) is 15.0 Å². The summed E-state index contributed by atoms with van der Waals surface area (Å²) in [4.78, 5) is 18.7. The quantitative estimate of drug-likeness (QED) is 0.317. The van der Waals surface area contributed by atoms with Crippen LogP contribution in [0.4, 0.5) is 0 Å². The van der Waals surface area contributed by atoms with Crippen LogP contribution in [0.2, 0.25) is 5.02 Å². The van der Waals surface area contributed by atoms with Gasteiger partial charge in [-0.2, -0.15) is 5.26 Å². The van der Waals surface area contributed by atoms with Gasteiger partial charge in [0, 0.05) is 33.5 Å². The maximum absolute atomic E-state index is 9.29. The highest BCUT2D eigenvalue weighted by Crippen LogP contribution is 2.26. The highest BCUT2D eigenvalue weighted by molar-refractivity contribution is 6.30. The van der Waals surface area contributed by atoms with Gasteiger partial charge in [-0.1, -0.05) is 66.2 Å². The van der Waals surface area contributed by atoms with E-state index in [0.717, 1.165) is 27.9 Å². The number of aromatic nitrogens is 4. The zero-order valence-corrected chi connectivity index (χ0v) is 18.1. The molecule has 0 saturated heterocycles. The van der Waals surface area contributed by atoms with E-state index in [2.05, 4.69) is 16.0 Å². The van der Waals surface area contributed by atoms with Crippen molar-refractivity contribution >= 4 is 11.6 Å². The lowest BCUT2D eigenvalue weighted by Crippen LogP contribution is -2.00. The minimum atomic E-state index is 0.498. The molecule has 0 bridgehead atoms. The second-order valence-electron chi connectivity index (χ2n) is 7.30. The molecule has 0 saturated carbocycles. The molecule has 0 aliphatic heterocycles. The first-order valence-electron chi connectivity index (χ1n) is 10.2. The molecule has 5 rings (SSSR count). The predicted octanol–water partition coefficient (Wildman–Crippen LogP) is 6.46. The van der Waals surface area contributed by atoms with E-state index in [4.69, 9.17) is 21.6 Å². The minimum Gasteiger partial charge on any atom is -0.255 e. The van der Waals surface area contributed by atoms with Gasteiger partial charge in [0.25, 0.3) is 0 Å². The zero-order chi connectivity index (χ0) is 22.6. The van der Waals surface area contributed by atoms with E-state index >= 15 is 0 Å². The molecule has 0 radical (unpaired) electrons. The standard InChI is InChI=1S/C27H16ClN5/c28-23-12-9-19(10-13-23)24-14-11-22(17-30-24)27-32-25(20-6-2-1-3-7-20)31-26(33-27)21-8-4-5-18(15-21)16-29/h1-15,17H. The van der Waals surface area contributed by atoms with Crippen molar-refractivity contribution in [3.05, 3.63) is 108 Å². The van der Waals surface area contributed by atoms with E-state index in [1.807, 2.05) is 78.9 Å². The lowest BCUT2D eigenvalue weighted by atomic mass is 10.1. The third-order valence-electron chi connectivity index (χ3n) is 5.08. The van der Waals surface area contributed by atoms with Crippen LogP contribution in [0.1, 0.15) is 5.56 Å². The topological polar surface area (TPSA) is 75.3 Å². The van der Waals surface area contributed by atoms with Crippen molar-refractivity contribution in [3.8, 4) is 51.5 Å². The zero-order valence-electron chi connectivity index (χ0n) is 17.4. The molecule has 5 nitrogen and oxygen atoms in total. The maximum atomic E-state index is 9.29. The van der Waals surface area contributed by atoms with Crippen molar-refractivity contribution in [1.82, 2.24) is 19.9 Å². The van der Waals surface area contributed by atoms with Crippen LogP contribution in [0.15, 0.2) is 97.2 Å². The molecule has 0 atom stereocenters. The Morgan fingerprint density at radius 1 is 0.606 bits per heavy atom. The average Bonchev–Trinajstić information content (AvgIpc) is 2.89. The Morgan fingerprint density at radius 3 is 1.91 bits per heavy atom. The fraction of sp³-hybridized carbons (Fsp3) is 0. The predicted molar refractivity (Wildman–Crippen MR) is 129 cm³/mol. The molecule has 0 amide bonds. The van der Waals surface area contributed by atoms with Crippen LogP contribution in [-0.2, 0) is 0 Å². The number of nitrogens with zero attached hydrogens (tertiary/aromatic N) is 5. The Bertz CT molecular complexity index is 1460. The van der Waals surface area contributed by atoms with Gasteiger partial charge in [0.15, 0.2) is 17.5 Å². The molecule has 0 aliphatic carbocycles. The number of nitriles is 1. The minimum absolute atomic E-state index is 0.498. The average molecular weight is 446 g/mol. The van der Waals surface area contributed by atoms with Crippen molar-refractivity contribution in [1.29, 1.82) is 5.26 Å². The van der Waals surface area contributed by atoms with E-state index in [9.17, 15) is 5.26 Å². The number of pyridine rings is 1. The van der Waals surface area contributed by atoms with Gasteiger partial charge < -0.3 is 0 Å². The third kappa shape index (κ3) is 4.47. The summed E-state index contributed by atoms with van der Waals surface area (Å²) < 4.78 is 0. The molecule has 2 heterocycles. The molecule has 3 aromatic carbocycles. The smallest absolute Gasteiger partial charge is 0.165 e. The molecule has 33 heavy (non-hydrogen) atoms. The number of halogens is 1. The lowest BCUT2D eigenvalue weighted by Gasteiger charge is -2.09. The monoisotopic (exact) mass is 445 g/mol. The fourth-order valence-electron chi connectivity index (χ4n) is 3.40. The van der Waals surface area contributed by atoms with Crippen LogP contribution in [0.5, 0.6) is 0 Å². The van der Waals surface area contributed by atoms with Crippen molar-refractivity contribution in [2.45, 2.75) is 0 Å². The first-order valence-corrected chi connectivity index (χ1v) is 10.6. The van der Waals surface area contributed by atoms with E-state index < -0.39 is 0 Å². The largest absolute Gasteiger partial charge is 0.255 e. The Hall–Kier alpha value is -4.40. The first-order chi connectivity index (χ1) is 16.2. The summed E-state index contributed by atoms with van der Waals surface area (Å²) in [5.41, 5.74) is 4.75. The van der Waals surface area contributed by atoms with E-state index in [-0.39, 0.29) is 0 Å². The van der Waals surface area contributed by atoms with Crippen molar-refractivity contribution < 1.29 is 0 Å². The van der Waals surface area contributed by atoms with Gasteiger partial charge in [-0.3, -0.25) is 4.98 Å². The Kier molecular flexibility index (Phi) is 5.59. The van der Waals surface area contributed by atoms with E-state index in [1.54, 1.807) is 18.3 Å². The van der Waals surface area contributed by atoms with E-state index in [1.165, 1.54) is 0 Å². The molecular formula is C27H16ClN5. The van der Waals surface area contributed by atoms with Crippen molar-refractivity contribution in [2.24, 2.45) is 0 Å². The van der Waals surface area contributed by atoms with Crippen LogP contribution in [0.3, 0.4) is 0 Å². The summed E-state index contributed by atoms with van der Waals surface area (Å²) in [5.74, 6) is 1.56. The summed E-state index contributed by atoms with van der Waals surface area (Å²) in [6.45, 7) is 0. The molecule has 0 N–H and O–H groups in total. The summed E-state index contributed by atoms with van der Waals surface area (Å²) in [6.07, 6.45) is 1.75. The van der Waals surface area contributed by atoms with Crippen LogP contribution >= 0.6 is 11.6 Å². The summed E-state index contributed by atoms with van der Waals surface area (Å²) in [5, 5.41) is 9.97. The molecule has 0 aliphatic rings. The van der Waals surface area contributed by atoms with Crippen molar-refractivity contribution in [3.63, 3.8) is 0 Å². The SMILES string of the molecule is N#Cc1cccc(-c2nc(-c3ccccc3)nc(-c3ccc(-c4ccc(Cl)cc4)nc3)n2)c1. The second-order valence-corrected chi connectivity index (χ2v) is 7.74. The molecule has 6 heteroatoms. The maximum Gasteiger partial charge on any atom is 0.165 e. The van der Waals surface area contributed by atoms with Gasteiger partial charge >= 0.3 is 0 Å². The number of hydrogen-bond acceptors (Lipinski definition) is 5. The molecule has 5 aromatic rings. The number of hydrogen-bond donors (Lipinski definition) is 0. The van der Waals surface area contributed by atoms with Gasteiger partial charge in [-0.05, 0) is 36.4 Å². The second kappa shape index (κ2) is 8.99. The van der Waals surface area contributed by atoms with Gasteiger partial charge in [0.1, 0.15) is 0 Å². The van der Waals surface area contributed by atoms with Crippen LogP contribution in [0, 0.1) is 11.3 Å². The van der Waals surface area contributed by atoms with E-state index in [0.29, 0.717) is 28.1 Å². The highest BCUT2D eigenvalue weighted by atomic mass is 35.5. The Morgan fingerprint density at radius 2 is 1.24 bits per heavy atom. The van der Waals surface area contributed by atoms with Gasteiger partial charge in [0.2, 0.25) is 0 Å². The van der Waals surface area contributed by atoms with Gasteiger partial charge in [0.05, 0.1) is 17.3 Å². The third-order valence-corrected chi connectivity index (χ3v) is 5.33. The fourth-order valence-corrected chi connectivity index (χ4v) is 3.52. The van der Waals surface area contributed by atoms with Gasteiger partial charge in [-0.15, -0.1) is 0 Å². The Labute approximate surface area is 196 Å². The summed E-state index contributed by atoms with van der Waals surface area (Å²) >= 11 is 5.99. The molecular weight excluding hydrogens is 430 g/mol. The molecule has 0 unspecified atom stereocenters. The normalized spacial score (nSPS) is 10.5. The first kappa shape index (κ1) is 20.5. The van der Waals surface area contributed by atoms with Crippen molar-refractivity contribution in [2.75, 3.05) is 0 Å². The van der Waals surface area contributed by atoms with Crippen LogP contribution < -0.4 is 0 Å². The lowest BCUT2D eigenvalue weighted by molar-refractivity contribution is 1.07.